The molecule has 0 N–H and O–H groups in total. The van der Waals surface area contributed by atoms with Crippen molar-refractivity contribution in [3.8, 4) is 0 Å². The number of nitrogens with zero attached hydrogens (tertiary/aromatic N) is 4. The molecule has 0 bridgehead atoms. The second kappa shape index (κ2) is 9.11. The number of hydrogen-bond acceptors (Lipinski definition) is 4. The number of carbonyl (C=O) groups is 1. The van der Waals surface area contributed by atoms with Gasteiger partial charge in [0.05, 0.1) is 12.1 Å². The Kier molecular flexibility index (Phi) is 6.80. The maximum absolute atomic E-state index is 12.8. The summed E-state index contributed by atoms with van der Waals surface area (Å²) in [6.45, 7) is 5.92. The minimum Gasteiger partial charge on any atom is -0.354 e. The molecule has 28 heavy (non-hydrogen) atoms. The molecule has 5 nitrogen and oxygen atoms in total. The standard InChI is InChI=1S/C20H29F3N4O/c1-2-27(17-6-4-3-5-7-17)19(28)15-25-10-12-26(13-11-25)18-9-8-16(14-24-18)20(21,22)23/h8-9,14,17H,2-7,10-13,15H2,1H3. The van der Waals surface area contributed by atoms with E-state index >= 15 is 0 Å². The first kappa shape index (κ1) is 20.9. The Hall–Kier alpha value is -1.83. The summed E-state index contributed by atoms with van der Waals surface area (Å²) in [7, 11) is 0. The first-order valence-corrected chi connectivity index (χ1v) is 10.2. The minimum absolute atomic E-state index is 0.190. The van der Waals surface area contributed by atoms with E-state index in [4.69, 9.17) is 0 Å². The van der Waals surface area contributed by atoms with Crippen LogP contribution in [0.4, 0.5) is 19.0 Å². The van der Waals surface area contributed by atoms with Crippen molar-refractivity contribution >= 4 is 11.7 Å². The quantitative estimate of drug-likeness (QED) is 0.762. The lowest BCUT2D eigenvalue weighted by Crippen LogP contribution is -2.52. The average molecular weight is 398 g/mol. The fraction of sp³-hybridized carbons (Fsp3) is 0.700. The van der Waals surface area contributed by atoms with E-state index < -0.39 is 11.7 Å². The van der Waals surface area contributed by atoms with Gasteiger partial charge in [-0.25, -0.2) is 4.98 Å². The summed E-state index contributed by atoms with van der Waals surface area (Å²) in [5.74, 6) is 0.742. The van der Waals surface area contributed by atoms with Crippen LogP contribution < -0.4 is 4.90 Å². The highest BCUT2D eigenvalue weighted by Gasteiger charge is 2.31. The number of anilines is 1. The molecule has 2 aliphatic rings. The number of rotatable bonds is 5. The molecular formula is C20H29F3N4O. The van der Waals surface area contributed by atoms with Crippen LogP contribution >= 0.6 is 0 Å². The van der Waals surface area contributed by atoms with Gasteiger partial charge < -0.3 is 9.80 Å². The lowest BCUT2D eigenvalue weighted by molar-refractivity contribution is -0.138. The van der Waals surface area contributed by atoms with E-state index in [9.17, 15) is 18.0 Å². The molecule has 1 saturated carbocycles. The fourth-order valence-electron chi connectivity index (χ4n) is 4.19. The second-order valence-corrected chi connectivity index (χ2v) is 7.64. The van der Waals surface area contributed by atoms with E-state index in [1.165, 1.54) is 25.3 Å². The van der Waals surface area contributed by atoms with Crippen molar-refractivity contribution in [2.24, 2.45) is 0 Å². The summed E-state index contributed by atoms with van der Waals surface area (Å²) in [5.41, 5.74) is -0.733. The Labute approximate surface area is 164 Å². The summed E-state index contributed by atoms with van der Waals surface area (Å²) in [6.07, 6.45) is 2.39. The number of pyridine rings is 1. The number of aromatic nitrogens is 1. The van der Waals surface area contributed by atoms with E-state index in [2.05, 4.69) is 9.88 Å². The van der Waals surface area contributed by atoms with Crippen LogP contribution in [0.1, 0.15) is 44.6 Å². The summed E-state index contributed by atoms with van der Waals surface area (Å²) in [6, 6.07) is 2.87. The SMILES string of the molecule is CCN(C(=O)CN1CCN(c2ccc(C(F)(F)F)cn2)CC1)C1CCCCC1. The van der Waals surface area contributed by atoms with Crippen molar-refractivity contribution in [1.29, 1.82) is 0 Å². The van der Waals surface area contributed by atoms with Gasteiger partial charge in [0.25, 0.3) is 0 Å². The predicted molar refractivity (Wildman–Crippen MR) is 102 cm³/mol. The molecule has 0 unspecified atom stereocenters. The molecule has 2 fully saturated rings. The summed E-state index contributed by atoms with van der Waals surface area (Å²) in [5, 5.41) is 0. The largest absolute Gasteiger partial charge is 0.417 e. The van der Waals surface area contributed by atoms with Gasteiger partial charge in [0.1, 0.15) is 5.82 Å². The van der Waals surface area contributed by atoms with Crippen LogP contribution in [0, 0.1) is 0 Å². The van der Waals surface area contributed by atoms with E-state index in [0.717, 1.165) is 31.6 Å². The van der Waals surface area contributed by atoms with Crippen LogP contribution in [0.25, 0.3) is 0 Å². The van der Waals surface area contributed by atoms with E-state index in [1.54, 1.807) is 0 Å². The molecule has 0 aromatic carbocycles. The Morgan fingerprint density at radius 2 is 1.82 bits per heavy atom. The topological polar surface area (TPSA) is 39.7 Å². The number of piperazine rings is 1. The Morgan fingerprint density at radius 3 is 2.36 bits per heavy atom. The molecular weight excluding hydrogens is 369 g/mol. The number of hydrogen-bond donors (Lipinski definition) is 0. The molecule has 8 heteroatoms. The third kappa shape index (κ3) is 5.16. The third-order valence-electron chi connectivity index (χ3n) is 5.81. The average Bonchev–Trinajstić information content (AvgIpc) is 2.69. The van der Waals surface area contributed by atoms with Gasteiger partial charge in [-0.15, -0.1) is 0 Å². The first-order chi connectivity index (χ1) is 13.4. The Balaban J connectivity index is 1.50. The summed E-state index contributed by atoms with van der Waals surface area (Å²) < 4.78 is 38.0. The lowest BCUT2D eigenvalue weighted by atomic mass is 9.94. The van der Waals surface area contributed by atoms with Crippen LogP contribution in [0.15, 0.2) is 18.3 Å². The van der Waals surface area contributed by atoms with Gasteiger partial charge in [-0.3, -0.25) is 9.69 Å². The minimum atomic E-state index is -4.37. The highest BCUT2D eigenvalue weighted by Crippen LogP contribution is 2.29. The van der Waals surface area contributed by atoms with Gasteiger partial charge in [0.15, 0.2) is 0 Å². The zero-order chi connectivity index (χ0) is 20.1. The third-order valence-corrected chi connectivity index (χ3v) is 5.81. The van der Waals surface area contributed by atoms with Crippen molar-refractivity contribution in [3.63, 3.8) is 0 Å². The maximum Gasteiger partial charge on any atom is 0.417 e. The second-order valence-electron chi connectivity index (χ2n) is 7.64. The molecule has 0 atom stereocenters. The zero-order valence-electron chi connectivity index (χ0n) is 16.4. The monoisotopic (exact) mass is 398 g/mol. The molecule has 3 rings (SSSR count). The van der Waals surface area contributed by atoms with Gasteiger partial charge in [-0.05, 0) is 31.9 Å². The summed E-state index contributed by atoms with van der Waals surface area (Å²) in [4.78, 5) is 22.9. The summed E-state index contributed by atoms with van der Waals surface area (Å²) >= 11 is 0. The van der Waals surface area contributed by atoms with Gasteiger partial charge in [-0.1, -0.05) is 19.3 Å². The van der Waals surface area contributed by atoms with E-state index in [-0.39, 0.29) is 5.91 Å². The number of amides is 1. The lowest BCUT2D eigenvalue weighted by Gasteiger charge is -2.38. The van der Waals surface area contributed by atoms with Crippen LogP contribution in [0.5, 0.6) is 0 Å². The molecule has 1 aliphatic carbocycles. The molecule has 2 heterocycles. The van der Waals surface area contributed by atoms with E-state index in [0.29, 0.717) is 44.6 Å². The predicted octanol–water partition coefficient (Wildman–Crippen LogP) is 3.40. The maximum atomic E-state index is 12.8. The number of halogens is 3. The zero-order valence-corrected chi connectivity index (χ0v) is 16.4. The number of alkyl halides is 3. The van der Waals surface area contributed by atoms with Crippen LogP contribution in [0.2, 0.25) is 0 Å². The van der Waals surface area contributed by atoms with Crippen LogP contribution in [0.3, 0.4) is 0 Å². The van der Waals surface area contributed by atoms with Crippen molar-refractivity contribution in [1.82, 2.24) is 14.8 Å². The molecule has 1 amide bonds. The van der Waals surface area contributed by atoms with Crippen molar-refractivity contribution in [2.75, 3.05) is 44.2 Å². The fourth-order valence-corrected chi connectivity index (χ4v) is 4.19. The molecule has 1 aromatic rings. The first-order valence-electron chi connectivity index (χ1n) is 10.2. The van der Waals surface area contributed by atoms with Gasteiger partial charge in [0.2, 0.25) is 5.91 Å². The van der Waals surface area contributed by atoms with Crippen molar-refractivity contribution in [2.45, 2.75) is 51.2 Å². The van der Waals surface area contributed by atoms with Gasteiger partial charge in [0, 0.05) is 45.0 Å². The Morgan fingerprint density at radius 1 is 1.14 bits per heavy atom. The molecule has 1 aliphatic heterocycles. The normalized spacial score (nSPS) is 19.6. The number of carbonyl (C=O) groups excluding carboxylic acids is 1. The number of likely N-dealkylation sites (N-methyl/N-ethyl adjacent to an activating group) is 1. The smallest absolute Gasteiger partial charge is 0.354 e. The highest BCUT2D eigenvalue weighted by molar-refractivity contribution is 5.78. The molecule has 0 radical (unpaired) electrons. The van der Waals surface area contributed by atoms with Crippen LogP contribution in [-0.4, -0.2) is 66.0 Å². The highest BCUT2D eigenvalue weighted by atomic mass is 19.4. The molecule has 1 saturated heterocycles. The van der Waals surface area contributed by atoms with Gasteiger partial charge >= 0.3 is 6.18 Å². The van der Waals surface area contributed by atoms with Crippen LogP contribution in [-0.2, 0) is 11.0 Å². The Bertz CT molecular complexity index is 636. The van der Waals surface area contributed by atoms with Crippen molar-refractivity contribution < 1.29 is 18.0 Å². The van der Waals surface area contributed by atoms with Gasteiger partial charge in [-0.2, -0.15) is 13.2 Å². The van der Waals surface area contributed by atoms with Crippen molar-refractivity contribution in [3.05, 3.63) is 23.9 Å². The molecule has 156 valence electrons. The molecule has 0 spiro atoms. The molecule has 1 aromatic heterocycles. The van der Waals surface area contributed by atoms with E-state index in [1.807, 2.05) is 16.7 Å².